The van der Waals surface area contributed by atoms with E-state index >= 15 is 0 Å². The van der Waals surface area contributed by atoms with E-state index in [0.29, 0.717) is 24.5 Å². The van der Waals surface area contributed by atoms with Crippen LogP contribution in [0, 0.1) is 12.8 Å². The van der Waals surface area contributed by atoms with E-state index in [2.05, 4.69) is 27.2 Å². The molecular formula is C22H26N6O2. The molecule has 1 N–H and O–H groups in total. The second kappa shape index (κ2) is 7.51. The van der Waals surface area contributed by atoms with Crippen LogP contribution in [0.2, 0.25) is 0 Å². The highest BCUT2D eigenvalue weighted by atomic mass is 16.5. The van der Waals surface area contributed by atoms with Crippen LogP contribution in [-0.2, 0) is 0 Å². The van der Waals surface area contributed by atoms with Crippen LogP contribution in [0.25, 0.3) is 5.69 Å². The van der Waals surface area contributed by atoms with Crippen LogP contribution in [0.15, 0.2) is 36.9 Å². The lowest BCUT2D eigenvalue weighted by molar-refractivity contribution is 0.170. The van der Waals surface area contributed by atoms with Crippen molar-refractivity contribution in [1.82, 2.24) is 19.5 Å². The van der Waals surface area contributed by atoms with Gasteiger partial charge in [0.2, 0.25) is 5.95 Å². The van der Waals surface area contributed by atoms with Crippen molar-refractivity contribution >= 4 is 17.5 Å². The molecule has 0 saturated heterocycles. The fourth-order valence-corrected chi connectivity index (χ4v) is 4.15. The quantitative estimate of drug-likeness (QED) is 0.692. The molecule has 1 aliphatic heterocycles. The summed E-state index contributed by atoms with van der Waals surface area (Å²) in [7, 11) is 3.76. The third-order valence-corrected chi connectivity index (χ3v) is 6.10. The van der Waals surface area contributed by atoms with Crippen LogP contribution in [0.3, 0.4) is 0 Å². The first-order chi connectivity index (χ1) is 14.6. The number of hydrogen-bond donors (Lipinski definition) is 1. The zero-order chi connectivity index (χ0) is 20.7. The Labute approximate surface area is 175 Å². The van der Waals surface area contributed by atoms with Gasteiger partial charge in [0.05, 0.1) is 37.1 Å². The maximum Gasteiger partial charge on any atom is 0.229 e. The summed E-state index contributed by atoms with van der Waals surface area (Å²) in [6.07, 6.45) is 9.35. The summed E-state index contributed by atoms with van der Waals surface area (Å²) in [5.41, 5.74) is 2.72. The monoisotopic (exact) mass is 406 g/mol. The highest BCUT2D eigenvalue weighted by molar-refractivity contribution is 5.64. The molecule has 156 valence electrons. The van der Waals surface area contributed by atoms with Crippen LogP contribution in [0.5, 0.6) is 11.5 Å². The van der Waals surface area contributed by atoms with Gasteiger partial charge in [-0.05, 0) is 37.8 Å². The summed E-state index contributed by atoms with van der Waals surface area (Å²) >= 11 is 0. The van der Waals surface area contributed by atoms with Crippen molar-refractivity contribution in [2.45, 2.75) is 32.2 Å². The number of benzene rings is 1. The number of anilines is 3. The van der Waals surface area contributed by atoms with E-state index in [-0.39, 0.29) is 0 Å². The van der Waals surface area contributed by atoms with Gasteiger partial charge in [-0.1, -0.05) is 6.42 Å². The first kappa shape index (κ1) is 18.7. The standard InChI is InChI=1S/C22H26N6O2/c1-14-11-28(13-24-14)17-8-7-16(9-19(17)29-3)25-22-23-10-20-21(26-22)27(2)18(12-30-20)15-5-4-6-15/h7-11,13,15,18H,4-6,12H2,1-3H3,(H,23,25,26)/t18-/m1/s1. The number of imidazole rings is 1. The van der Waals surface area contributed by atoms with Gasteiger partial charge in [0.25, 0.3) is 0 Å². The Hall–Kier alpha value is -3.29. The van der Waals surface area contributed by atoms with Crippen molar-refractivity contribution in [1.29, 1.82) is 0 Å². The third kappa shape index (κ3) is 3.32. The molecule has 8 nitrogen and oxygen atoms in total. The zero-order valence-corrected chi connectivity index (χ0v) is 17.5. The fraction of sp³-hybridized carbons (Fsp3) is 0.409. The van der Waals surface area contributed by atoms with Crippen LogP contribution in [0.4, 0.5) is 17.5 Å². The second-order valence-electron chi connectivity index (χ2n) is 8.00. The molecule has 1 saturated carbocycles. The highest BCUT2D eigenvalue weighted by Gasteiger charge is 2.35. The minimum Gasteiger partial charge on any atom is -0.494 e. The minimum atomic E-state index is 0.381. The number of nitrogens with one attached hydrogen (secondary N) is 1. The maximum atomic E-state index is 5.95. The van der Waals surface area contributed by atoms with E-state index in [4.69, 9.17) is 14.5 Å². The zero-order valence-electron chi connectivity index (χ0n) is 17.5. The maximum absolute atomic E-state index is 5.95. The molecule has 1 aliphatic carbocycles. The van der Waals surface area contributed by atoms with E-state index in [1.807, 2.05) is 35.9 Å². The van der Waals surface area contributed by atoms with Gasteiger partial charge < -0.3 is 24.3 Å². The van der Waals surface area contributed by atoms with E-state index < -0.39 is 0 Å². The van der Waals surface area contributed by atoms with Crippen LogP contribution in [-0.4, -0.2) is 46.3 Å². The Morgan fingerprint density at radius 3 is 2.80 bits per heavy atom. The third-order valence-electron chi connectivity index (χ3n) is 6.10. The smallest absolute Gasteiger partial charge is 0.229 e. The molecule has 1 atom stereocenters. The first-order valence-corrected chi connectivity index (χ1v) is 10.3. The van der Waals surface area contributed by atoms with Crippen molar-refractivity contribution in [3.63, 3.8) is 0 Å². The van der Waals surface area contributed by atoms with Crippen molar-refractivity contribution in [2.75, 3.05) is 31.0 Å². The Morgan fingerprint density at radius 2 is 2.10 bits per heavy atom. The van der Waals surface area contributed by atoms with Gasteiger partial charge in [-0.25, -0.2) is 9.97 Å². The summed E-state index contributed by atoms with van der Waals surface area (Å²) in [4.78, 5) is 15.7. The molecule has 30 heavy (non-hydrogen) atoms. The molecular weight excluding hydrogens is 380 g/mol. The molecule has 0 bridgehead atoms. The van der Waals surface area contributed by atoms with Gasteiger partial charge >= 0.3 is 0 Å². The average Bonchev–Trinajstić information content (AvgIpc) is 3.15. The number of rotatable bonds is 5. The molecule has 3 heterocycles. The molecule has 5 rings (SSSR count). The summed E-state index contributed by atoms with van der Waals surface area (Å²) in [5, 5.41) is 3.30. The molecule has 2 aliphatic rings. The predicted octanol–water partition coefficient (Wildman–Crippen LogP) is 3.72. The topological polar surface area (TPSA) is 77.3 Å². The molecule has 0 radical (unpaired) electrons. The largest absolute Gasteiger partial charge is 0.494 e. The van der Waals surface area contributed by atoms with Gasteiger partial charge in [0.1, 0.15) is 12.4 Å². The number of nitrogens with zero attached hydrogens (tertiary/aromatic N) is 5. The Morgan fingerprint density at radius 1 is 1.23 bits per heavy atom. The van der Waals surface area contributed by atoms with Crippen LogP contribution in [0.1, 0.15) is 25.0 Å². The number of fused-ring (bicyclic) bond motifs is 1. The molecule has 8 heteroatoms. The Balaban J connectivity index is 1.39. The minimum absolute atomic E-state index is 0.381. The second-order valence-corrected chi connectivity index (χ2v) is 8.00. The van der Waals surface area contributed by atoms with Gasteiger partial charge in [-0.3, -0.25) is 0 Å². The van der Waals surface area contributed by atoms with Crippen molar-refractivity contribution in [3.05, 3.63) is 42.6 Å². The molecule has 1 aromatic carbocycles. The first-order valence-electron chi connectivity index (χ1n) is 10.3. The van der Waals surface area contributed by atoms with E-state index in [0.717, 1.165) is 34.4 Å². The number of methoxy groups -OCH3 is 1. The summed E-state index contributed by atoms with van der Waals surface area (Å²) in [5.74, 6) is 3.54. The van der Waals surface area contributed by atoms with E-state index in [1.165, 1.54) is 19.3 Å². The normalized spacial score (nSPS) is 18.4. The van der Waals surface area contributed by atoms with Gasteiger partial charge in [-0.2, -0.15) is 4.98 Å². The molecule has 3 aromatic rings. The van der Waals surface area contributed by atoms with E-state index in [9.17, 15) is 0 Å². The van der Waals surface area contributed by atoms with Crippen molar-refractivity contribution < 1.29 is 9.47 Å². The average molecular weight is 406 g/mol. The van der Waals surface area contributed by atoms with Gasteiger partial charge in [0.15, 0.2) is 11.6 Å². The lowest BCUT2D eigenvalue weighted by atomic mass is 9.79. The summed E-state index contributed by atoms with van der Waals surface area (Å²) in [6.45, 7) is 2.67. The predicted molar refractivity (Wildman–Crippen MR) is 115 cm³/mol. The van der Waals surface area contributed by atoms with Crippen LogP contribution < -0.4 is 19.7 Å². The lowest BCUT2D eigenvalue weighted by Gasteiger charge is -2.42. The molecule has 0 amide bonds. The summed E-state index contributed by atoms with van der Waals surface area (Å²) in [6, 6.07) is 6.29. The fourth-order valence-electron chi connectivity index (χ4n) is 4.15. The van der Waals surface area contributed by atoms with E-state index in [1.54, 1.807) is 19.6 Å². The lowest BCUT2D eigenvalue weighted by Crippen LogP contribution is -2.48. The SMILES string of the molecule is COc1cc(Nc2ncc3c(n2)N(C)[C@@H](C2CCC2)CO3)ccc1-n1cnc(C)c1. The number of hydrogen-bond acceptors (Lipinski definition) is 7. The molecule has 1 fully saturated rings. The highest BCUT2D eigenvalue weighted by Crippen LogP contribution is 2.39. The molecule has 0 spiro atoms. The van der Waals surface area contributed by atoms with Crippen LogP contribution >= 0.6 is 0 Å². The molecule has 2 aromatic heterocycles. The van der Waals surface area contributed by atoms with Gasteiger partial charge in [0, 0.05) is 25.0 Å². The molecule has 0 unspecified atom stereocenters. The number of likely N-dealkylation sites (N-methyl/N-ethyl adjacent to an activating group) is 1. The number of ether oxygens (including phenoxy) is 2. The Bertz CT molecular complexity index is 1060. The van der Waals surface area contributed by atoms with Crippen molar-refractivity contribution in [3.8, 4) is 17.2 Å². The number of aromatic nitrogens is 4. The van der Waals surface area contributed by atoms with Crippen molar-refractivity contribution in [2.24, 2.45) is 5.92 Å². The number of aryl methyl sites for hydroxylation is 1. The van der Waals surface area contributed by atoms with Gasteiger partial charge in [-0.15, -0.1) is 0 Å². The summed E-state index contributed by atoms with van der Waals surface area (Å²) < 4.78 is 13.5. The Kier molecular flexibility index (Phi) is 4.69.